The van der Waals surface area contributed by atoms with Crippen molar-refractivity contribution in [2.24, 2.45) is 5.92 Å². The summed E-state index contributed by atoms with van der Waals surface area (Å²) < 4.78 is 16.1. The Labute approximate surface area is 202 Å². The summed E-state index contributed by atoms with van der Waals surface area (Å²) in [6.07, 6.45) is 4.35. The molecule has 0 spiro atoms. The lowest BCUT2D eigenvalue weighted by molar-refractivity contribution is -0.156. The standard InChI is InChI=1S/C26H39NO7/c1-25(2,3)34-24(31)27-20(17-33-26(27,4)5)14-9-7-8-11-18-12-10-13-19(15-18)16-21(22(28)29)23(30)32-6/h10,12-13,15,20-21H,7-9,11,14,16-17H2,1-6H3,(H,28,29)/t20-,21?/m0/s1. The molecule has 1 N–H and O–H groups in total. The Bertz CT molecular complexity index is 859. The molecule has 1 aliphatic heterocycles. The summed E-state index contributed by atoms with van der Waals surface area (Å²) >= 11 is 0. The molecular weight excluding hydrogens is 438 g/mol. The van der Waals surface area contributed by atoms with Crippen molar-refractivity contribution in [3.8, 4) is 0 Å². The lowest BCUT2D eigenvalue weighted by Crippen LogP contribution is -2.49. The van der Waals surface area contributed by atoms with Crippen LogP contribution in [0.3, 0.4) is 0 Å². The van der Waals surface area contributed by atoms with Gasteiger partial charge in [0.2, 0.25) is 0 Å². The van der Waals surface area contributed by atoms with E-state index >= 15 is 0 Å². The van der Waals surface area contributed by atoms with E-state index in [1.807, 2.05) is 58.9 Å². The summed E-state index contributed by atoms with van der Waals surface area (Å²) in [4.78, 5) is 37.6. The number of carbonyl (C=O) groups excluding carboxylic acids is 2. The highest BCUT2D eigenvalue weighted by Gasteiger charge is 2.45. The molecule has 0 aromatic heterocycles. The van der Waals surface area contributed by atoms with Crippen LogP contribution in [0.4, 0.5) is 4.79 Å². The van der Waals surface area contributed by atoms with Crippen LogP contribution in [0.5, 0.6) is 0 Å². The van der Waals surface area contributed by atoms with Gasteiger partial charge >= 0.3 is 18.0 Å². The van der Waals surface area contributed by atoms with Crippen molar-refractivity contribution in [2.75, 3.05) is 13.7 Å². The predicted octanol–water partition coefficient (Wildman–Crippen LogP) is 4.58. The van der Waals surface area contributed by atoms with Crippen molar-refractivity contribution in [2.45, 2.75) is 90.5 Å². The number of carboxylic acids is 1. The SMILES string of the molecule is COC(=O)C(Cc1cccc(CCCCC[C@H]2COC(C)(C)N2C(=O)OC(C)(C)C)c1)C(=O)O. The van der Waals surface area contributed by atoms with Crippen molar-refractivity contribution in [1.82, 2.24) is 4.90 Å². The molecule has 34 heavy (non-hydrogen) atoms. The molecule has 8 nitrogen and oxygen atoms in total. The van der Waals surface area contributed by atoms with Gasteiger partial charge in [0.15, 0.2) is 5.92 Å². The zero-order valence-corrected chi connectivity index (χ0v) is 21.3. The van der Waals surface area contributed by atoms with Crippen LogP contribution in [-0.2, 0) is 36.6 Å². The van der Waals surface area contributed by atoms with Crippen LogP contribution in [0.15, 0.2) is 24.3 Å². The van der Waals surface area contributed by atoms with Gasteiger partial charge in [-0.3, -0.25) is 14.5 Å². The van der Waals surface area contributed by atoms with E-state index in [-0.39, 0.29) is 18.6 Å². The van der Waals surface area contributed by atoms with Crippen molar-refractivity contribution in [1.29, 1.82) is 0 Å². The molecule has 1 unspecified atom stereocenters. The molecule has 1 amide bonds. The third-order valence-electron chi connectivity index (χ3n) is 5.88. The van der Waals surface area contributed by atoms with Gasteiger partial charge in [-0.05, 0) is 71.4 Å². The van der Waals surface area contributed by atoms with Crippen LogP contribution in [-0.4, -0.2) is 59.1 Å². The Morgan fingerprint density at radius 2 is 1.85 bits per heavy atom. The summed E-state index contributed by atoms with van der Waals surface area (Å²) in [5.41, 5.74) is 0.655. The van der Waals surface area contributed by atoms with E-state index in [1.165, 1.54) is 7.11 Å². The highest BCUT2D eigenvalue weighted by atomic mass is 16.6. The highest BCUT2D eigenvalue weighted by molar-refractivity contribution is 5.94. The minimum Gasteiger partial charge on any atom is -0.481 e. The van der Waals surface area contributed by atoms with Crippen LogP contribution in [0, 0.1) is 5.92 Å². The number of nitrogens with zero attached hydrogens (tertiary/aromatic N) is 1. The second kappa shape index (κ2) is 11.7. The number of hydrogen-bond acceptors (Lipinski definition) is 6. The largest absolute Gasteiger partial charge is 0.481 e. The van der Waals surface area contributed by atoms with Gasteiger partial charge in [-0.15, -0.1) is 0 Å². The molecule has 0 aliphatic carbocycles. The Kier molecular flexibility index (Phi) is 9.50. The fourth-order valence-electron chi connectivity index (χ4n) is 4.22. The molecule has 2 atom stereocenters. The van der Waals surface area contributed by atoms with E-state index in [4.69, 9.17) is 9.47 Å². The summed E-state index contributed by atoms with van der Waals surface area (Å²) in [5, 5.41) is 9.29. The van der Waals surface area contributed by atoms with Crippen LogP contribution in [0.2, 0.25) is 0 Å². The smallest absolute Gasteiger partial charge is 0.412 e. The number of ether oxygens (including phenoxy) is 3. The maximum atomic E-state index is 12.7. The topological polar surface area (TPSA) is 102 Å². The molecule has 1 aromatic rings. The highest BCUT2D eigenvalue weighted by Crippen LogP contribution is 2.31. The summed E-state index contributed by atoms with van der Waals surface area (Å²) in [6, 6.07) is 7.66. The summed E-state index contributed by atoms with van der Waals surface area (Å²) in [7, 11) is 1.19. The van der Waals surface area contributed by atoms with E-state index < -0.39 is 29.2 Å². The maximum absolute atomic E-state index is 12.7. The van der Waals surface area contributed by atoms with Crippen LogP contribution in [0.1, 0.15) is 71.4 Å². The first-order valence-corrected chi connectivity index (χ1v) is 11.9. The number of aliphatic carboxylic acids is 1. The molecule has 8 heteroatoms. The van der Waals surface area contributed by atoms with Crippen LogP contribution in [0.25, 0.3) is 0 Å². The number of amides is 1. The lowest BCUT2D eigenvalue weighted by atomic mass is 9.96. The zero-order valence-electron chi connectivity index (χ0n) is 21.3. The first kappa shape index (κ1) is 27.6. The Hall–Kier alpha value is -2.61. The minimum absolute atomic E-state index is 0.0144. The molecule has 190 valence electrons. The average Bonchev–Trinajstić information content (AvgIpc) is 3.04. The zero-order chi connectivity index (χ0) is 25.5. The lowest BCUT2D eigenvalue weighted by Gasteiger charge is -2.35. The van der Waals surface area contributed by atoms with Crippen molar-refractivity contribution in [3.05, 3.63) is 35.4 Å². The van der Waals surface area contributed by atoms with Crippen LogP contribution >= 0.6 is 0 Å². The van der Waals surface area contributed by atoms with Gasteiger partial charge in [-0.2, -0.15) is 0 Å². The predicted molar refractivity (Wildman–Crippen MR) is 127 cm³/mol. The number of hydrogen-bond donors (Lipinski definition) is 1. The second-order valence-electron chi connectivity index (χ2n) is 10.3. The van der Waals surface area contributed by atoms with E-state index in [9.17, 15) is 19.5 Å². The molecule has 2 rings (SSSR count). The van der Waals surface area contributed by atoms with E-state index in [1.54, 1.807) is 4.90 Å². The Balaban J connectivity index is 1.84. The van der Waals surface area contributed by atoms with E-state index in [2.05, 4.69) is 4.74 Å². The average molecular weight is 478 g/mol. The number of carbonyl (C=O) groups is 3. The molecule has 1 saturated heterocycles. The molecule has 1 fully saturated rings. The molecule has 0 radical (unpaired) electrons. The fourth-order valence-corrected chi connectivity index (χ4v) is 4.22. The molecule has 1 aliphatic rings. The van der Waals surface area contributed by atoms with Gasteiger partial charge in [0.1, 0.15) is 11.3 Å². The first-order valence-electron chi connectivity index (χ1n) is 11.9. The molecule has 0 saturated carbocycles. The van der Waals surface area contributed by atoms with E-state index in [0.29, 0.717) is 6.61 Å². The number of rotatable bonds is 10. The van der Waals surface area contributed by atoms with Crippen molar-refractivity contribution in [3.63, 3.8) is 0 Å². The number of esters is 1. The number of aryl methyl sites for hydroxylation is 1. The second-order valence-corrected chi connectivity index (χ2v) is 10.3. The quantitative estimate of drug-likeness (QED) is 0.299. The van der Waals surface area contributed by atoms with Gasteiger partial charge in [0.05, 0.1) is 19.8 Å². The normalized spacial score (nSPS) is 18.4. The van der Waals surface area contributed by atoms with Gasteiger partial charge in [0, 0.05) is 0 Å². The summed E-state index contributed by atoms with van der Waals surface area (Å²) in [6.45, 7) is 9.85. The minimum atomic E-state index is -1.20. The molecule has 1 aromatic carbocycles. The number of unbranched alkanes of at least 4 members (excludes halogenated alkanes) is 2. The summed E-state index contributed by atoms with van der Waals surface area (Å²) in [5.74, 6) is -3.12. The van der Waals surface area contributed by atoms with Crippen molar-refractivity contribution >= 4 is 18.0 Å². The van der Waals surface area contributed by atoms with E-state index in [0.717, 1.165) is 43.2 Å². The fraction of sp³-hybridized carbons (Fsp3) is 0.654. The van der Waals surface area contributed by atoms with Gasteiger partial charge < -0.3 is 19.3 Å². The third kappa shape index (κ3) is 8.01. The number of benzene rings is 1. The maximum Gasteiger partial charge on any atom is 0.412 e. The first-order chi connectivity index (χ1) is 15.8. The third-order valence-corrected chi connectivity index (χ3v) is 5.88. The van der Waals surface area contributed by atoms with Gasteiger partial charge in [-0.25, -0.2) is 4.79 Å². The Morgan fingerprint density at radius 1 is 1.18 bits per heavy atom. The Morgan fingerprint density at radius 3 is 2.47 bits per heavy atom. The van der Waals surface area contributed by atoms with Gasteiger partial charge in [-0.1, -0.05) is 37.1 Å². The molecule has 0 bridgehead atoms. The molecular formula is C26H39NO7. The molecule has 1 heterocycles. The number of carboxylic acid groups (broad SMARTS) is 1. The number of methoxy groups -OCH3 is 1. The van der Waals surface area contributed by atoms with Crippen molar-refractivity contribution < 1.29 is 33.7 Å². The van der Waals surface area contributed by atoms with Gasteiger partial charge in [0.25, 0.3) is 0 Å². The van der Waals surface area contributed by atoms with Crippen LogP contribution < -0.4 is 0 Å². The monoisotopic (exact) mass is 477 g/mol.